The molecule has 0 amide bonds. The van der Waals surface area contributed by atoms with Gasteiger partial charge in [0, 0.05) is 0 Å². The number of rotatable bonds is 15. The second-order valence-electron chi connectivity index (χ2n) is 14.2. The zero-order chi connectivity index (χ0) is 32.0. The van der Waals surface area contributed by atoms with Gasteiger partial charge in [-0.15, -0.1) is 0 Å². The van der Waals surface area contributed by atoms with E-state index < -0.39 is 10.3 Å². The molecule has 0 saturated heterocycles. The molecule has 3 nitrogen and oxygen atoms in total. The van der Waals surface area contributed by atoms with Crippen LogP contribution in [0, 0.1) is 0 Å². The molecule has 2 rings (SSSR count). The van der Waals surface area contributed by atoms with Gasteiger partial charge in [-0.2, -0.15) is 0 Å². The van der Waals surface area contributed by atoms with Crippen LogP contribution >= 0.6 is 28.3 Å². The van der Waals surface area contributed by atoms with Crippen molar-refractivity contribution >= 4 is 28.3 Å². The Morgan fingerprint density at radius 3 is 0.976 bits per heavy atom. The van der Waals surface area contributed by atoms with Crippen LogP contribution in [0.15, 0.2) is 24.3 Å². The second kappa shape index (κ2) is 16.9. The molecule has 42 heavy (non-hydrogen) atoms. The summed E-state index contributed by atoms with van der Waals surface area (Å²) in [5, 5.41) is 0. The van der Waals surface area contributed by atoms with Crippen LogP contribution in [0.5, 0.6) is 0 Å². The van der Waals surface area contributed by atoms with E-state index in [-0.39, 0.29) is 12.1 Å². The molecular weight excluding hydrogens is 693 g/mol. The molecule has 2 unspecified atom stereocenters. The molecule has 0 aliphatic heterocycles. The zero-order valence-corrected chi connectivity index (χ0v) is 32.7. The summed E-state index contributed by atoms with van der Waals surface area (Å²) in [5.41, 5.74) is 25.5. The molecule has 4 N–H and O–H groups in total. The first-order valence-corrected chi connectivity index (χ1v) is 21.6. The van der Waals surface area contributed by atoms with Crippen molar-refractivity contribution < 1.29 is 10.3 Å². The van der Waals surface area contributed by atoms with E-state index in [4.69, 9.17) is 11.5 Å². The van der Waals surface area contributed by atoms with Crippen molar-refractivity contribution in [2.45, 2.75) is 144 Å². The van der Waals surface area contributed by atoms with Crippen LogP contribution in [0.25, 0.3) is 0 Å². The van der Waals surface area contributed by atoms with E-state index in [0.717, 1.165) is 25.9 Å². The normalized spacial score (nSPS) is 14.4. The van der Waals surface area contributed by atoms with Gasteiger partial charge in [0.25, 0.3) is 0 Å². The van der Waals surface area contributed by atoms with Gasteiger partial charge in [-0.3, -0.25) is 0 Å². The van der Waals surface area contributed by atoms with E-state index in [1.807, 2.05) is 0 Å². The molecule has 0 spiro atoms. The summed E-state index contributed by atoms with van der Waals surface area (Å²) in [6.45, 7) is 29.2. The summed E-state index contributed by atoms with van der Waals surface area (Å²) in [6.07, 6.45) is 1.75. The van der Waals surface area contributed by atoms with Crippen LogP contribution in [0.1, 0.15) is 163 Å². The van der Waals surface area contributed by atoms with Gasteiger partial charge in [0.1, 0.15) is 0 Å². The van der Waals surface area contributed by atoms with Gasteiger partial charge < -0.3 is 0 Å². The third kappa shape index (κ3) is 10.4. The number of benzene rings is 2. The van der Waals surface area contributed by atoms with Crippen molar-refractivity contribution in [3.05, 3.63) is 68.8 Å². The molecule has 0 aromatic heterocycles. The van der Waals surface area contributed by atoms with E-state index in [1.165, 1.54) is 44.5 Å². The molecule has 0 saturated carbocycles. The number of nitrogens with two attached hydrogens (primary N) is 2. The minimum atomic E-state index is -0.663. The Bertz CT molecular complexity index is 997. The molecule has 6 heteroatoms. The van der Waals surface area contributed by atoms with E-state index in [1.54, 1.807) is 0 Å². The first-order valence-electron chi connectivity index (χ1n) is 16.0. The third-order valence-electron chi connectivity index (χ3n) is 8.44. The predicted octanol–water partition coefficient (Wildman–Crippen LogP) is 10.3. The van der Waals surface area contributed by atoms with Crippen molar-refractivity contribution in [3.63, 3.8) is 0 Å². The van der Waals surface area contributed by atoms with Crippen molar-refractivity contribution in [1.82, 2.24) is 3.95 Å². The van der Waals surface area contributed by atoms with Crippen LogP contribution in [-0.2, 0) is 23.1 Å². The van der Waals surface area contributed by atoms with Gasteiger partial charge in [-0.1, -0.05) is 0 Å². The Labute approximate surface area is 277 Å². The van der Waals surface area contributed by atoms with Crippen molar-refractivity contribution in [3.8, 4) is 0 Å². The van der Waals surface area contributed by atoms with Crippen LogP contribution < -0.4 is 11.5 Å². The summed E-state index contributed by atoms with van der Waals surface area (Å²) in [6, 6.07) is 9.76. The van der Waals surface area contributed by atoms with Crippen LogP contribution in [0.4, 0.5) is 0 Å². The summed E-state index contributed by atoms with van der Waals surface area (Å²) >= 11 is 7.73. The average molecular weight is 754 g/mol. The molecule has 0 aliphatic rings. The third-order valence-corrected chi connectivity index (χ3v) is 12.1. The van der Waals surface area contributed by atoms with Crippen molar-refractivity contribution in [2.24, 2.45) is 11.5 Å². The quantitative estimate of drug-likeness (QED) is 0.190. The van der Waals surface area contributed by atoms with Crippen LogP contribution in [0.2, 0.25) is 0 Å². The van der Waals surface area contributed by atoms with E-state index >= 15 is 0 Å². The Morgan fingerprint density at radius 1 is 0.524 bits per heavy atom. The fourth-order valence-corrected chi connectivity index (χ4v) is 8.36. The molecular formula is C36H60Br2CoN3. The second-order valence-corrected chi connectivity index (χ2v) is 22.4. The molecule has 0 bridgehead atoms. The van der Waals surface area contributed by atoms with Gasteiger partial charge in [0.05, 0.1) is 0 Å². The van der Waals surface area contributed by atoms with Crippen molar-refractivity contribution in [1.29, 1.82) is 0 Å². The Morgan fingerprint density at radius 2 is 0.786 bits per heavy atom. The molecule has 2 aromatic carbocycles. The fraction of sp³-hybridized carbons (Fsp3) is 0.667. The molecule has 0 radical (unpaired) electrons. The van der Waals surface area contributed by atoms with Gasteiger partial charge >= 0.3 is 279 Å². The zero-order valence-electron chi connectivity index (χ0n) is 28.4. The molecule has 0 heterocycles. The van der Waals surface area contributed by atoms with E-state index in [0.29, 0.717) is 35.5 Å². The monoisotopic (exact) mass is 751 g/mol. The topological polar surface area (TPSA) is 55.3 Å². The number of halogens is 2. The summed E-state index contributed by atoms with van der Waals surface area (Å²) < 4.78 is 2.42. The Kier molecular flexibility index (Phi) is 15.3. The summed E-state index contributed by atoms with van der Waals surface area (Å²) in [5.74, 6) is 2.88. The SMILES string of the molecule is CC(C)c1cc(C(C)C)c(CC(N)C[N](CC(N)Cc2c(C(C)C)cc(C(C)C)cc2C(C)C)[Co]([Br])[Br])c(C(C)C)c1. The first kappa shape index (κ1) is 38.0. The molecule has 2 atom stereocenters. The van der Waals surface area contributed by atoms with Crippen LogP contribution in [0.3, 0.4) is 0 Å². The fourth-order valence-electron chi connectivity index (χ4n) is 5.99. The van der Waals surface area contributed by atoms with Crippen molar-refractivity contribution in [2.75, 3.05) is 13.1 Å². The van der Waals surface area contributed by atoms with E-state index in [9.17, 15) is 0 Å². The summed E-state index contributed by atoms with van der Waals surface area (Å²) in [4.78, 5) is 0. The maximum atomic E-state index is 6.97. The number of hydrogen-bond acceptors (Lipinski definition) is 3. The number of nitrogens with zero attached hydrogens (tertiary/aromatic N) is 1. The minimum absolute atomic E-state index is 0.0133. The average Bonchev–Trinajstić information content (AvgIpc) is 2.87. The predicted molar refractivity (Wildman–Crippen MR) is 190 cm³/mol. The Hall–Kier alpha value is -0.214. The Balaban J connectivity index is 2.33. The van der Waals surface area contributed by atoms with E-state index in [2.05, 4.69) is 140 Å². The van der Waals surface area contributed by atoms with Gasteiger partial charge in [-0.05, 0) is 0 Å². The molecule has 0 aliphatic carbocycles. The number of hydrogen-bond donors (Lipinski definition) is 2. The molecule has 0 fully saturated rings. The molecule has 2 aromatic rings. The van der Waals surface area contributed by atoms with Crippen LogP contribution in [-0.4, -0.2) is 29.1 Å². The maximum absolute atomic E-state index is 6.97. The van der Waals surface area contributed by atoms with Gasteiger partial charge in [0.2, 0.25) is 0 Å². The standard InChI is InChI=1S/C36H60N3.2BrH.Co/c1-21(2)27-13-31(23(5)6)35(32(14-27)24(7)8)17-29(37)19-39-20-30(38)18-36-33(25(9)10)15-28(22(3)4)16-34(36)26(11)12;;;/h13-16,21-26,29-30H,17-20,37-38H2,1-12H3;2*1H;/q-1;;;+3/p-2. The van der Waals surface area contributed by atoms with Gasteiger partial charge in [0.15, 0.2) is 0 Å². The first-order chi connectivity index (χ1) is 19.4. The van der Waals surface area contributed by atoms with Gasteiger partial charge in [-0.25, -0.2) is 0 Å². The molecule has 242 valence electrons. The summed E-state index contributed by atoms with van der Waals surface area (Å²) in [7, 11) is -0.663.